The lowest BCUT2D eigenvalue weighted by molar-refractivity contribution is -0.148. The fourth-order valence-corrected chi connectivity index (χ4v) is 3.64. The molecule has 0 aliphatic carbocycles. The largest absolute Gasteiger partial charge is 0.496 e. The summed E-state index contributed by atoms with van der Waals surface area (Å²) in [6.45, 7) is 7.67. The summed E-state index contributed by atoms with van der Waals surface area (Å²) in [5, 5.41) is 0.352. The summed E-state index contributed by atoms with van der Waals surface area (Å²) >= 11 is 6.41. The van der Waals surface area contributed by atoms with E-state index in [9.17, 15) is 18.0 Å². The van der Waals surface area contributed by atoms with E-state index in [-0.39, 0.29) is 32.1 Å². The molecule has 1 aromatic rings. The maximum atomic E-state index is 12.7. The van der Waals surface area contributed by atoms with Crippen molar-refractivity contribution < 1.29 is 27.3 Å². The lowest BCUT2D eigenvalue weighted by Crippen LogP contribution is -2.51. The summed E-state index contributed by atoms with van der Waals surface area (Å²) in [5.41, 5.74) is 0.00773. The summed E-state index contributed by atoms with van der Waals surface area (Å²) in [6.07, 6.45) is -4.23. The Morgan fingerprint density at radius 3 is 2.14 bits per heavy atom. The summed E-state index contributed by atoms with van der Waals surface area (Å²) < 4.78 is 49.5. The van der Waals surface area contributed by atoms with Crippen molar-refractivity contribution in [2.24, 2.45) is 0 Å². The van der Waals surface area contributed by atoms with Crippen LogP contribution in [0.5, 0.6) is 0 Å². The molecule has 0 N–H and O–H groups in total. The molecule has 0 spiro atoms. The second kappa shape index (κ2) is 7.76. The third kappa shape index (κ3) is 4.90. The molecular formula is C19H25BClF3N2O3. The molecule has 1 aromatic carbocycles. The second-order valence-electron chi connectivity index (χ2n) is 8.51. The fraction of sp³-hybridized carbons (Fsp3) is 0.632. The Balaban J connectivity index is 1.66. The molecule has 0 aromatic heterocycles. The van der Waals surface area contributed by atoms with Crippen LogP contribution < -0.4 is 5.46 Å². The molecule has 0 radical (unpaired) electrons. The number of rotatable bonds is 3. The molecule has 1 amide bonds. The van der Waals surface area contributed by atoms with Crippen molar-refractivity contribution in [3.63, 3.8) is 0 Å². The number of hydrogen-bond acceptors (Lipinski definition) is 4. The molecule has 2 aliphatic heterocycles. The highest BCUT2D eigenvalue weighted by Gasteiger charge is 2.52. The first-order chi connectivity index (χ1) is 13.3. The Morgan fingerprint density at radius 1 is 1.10 bits per heavy atom. The zero-order chi connectivity index (χ0) is 21.6. The molecule has 0 atom stereocenters. The predicted octanol–water partition coefficient (Wildman–Crippen LogP) is 2.96. The Labute approximate surface area is 174 Å². The van der Waals surface area contributed by atoms with Crippen LogP contribution in [0.3, 0.4) is 0 Å². The Bertz CT molecular complexity index is 764. The molecule has 5 nitrogen and oxygen atoms in total. The molecule has 3 rings (SSSR count). The number of amides is 1. The van der Waals surface area contributed by atoms with Gasteiger partial charge in [0.25, 0.3) is 5.91 Å². The molecule has 2 fully saturated rings. The maximum absolute atomic E-state index is 12.7. The standard InChI is InChI=1S/C19H25BClF3N2O3/c1-17(2)18(3,4)29-20(28-17)14-6-5-13(11-15(14)21)16(27)26-9-7-25(8-10-26)12-19(22,23)24/h5-6,11H,7-10,12H2,1-4H3. The molecule has 2 heterocycles. The quantitative estimate of drug-likeness (QED) is 0.689. The number of piperazine rings is 1. The first-order valence-electron chi connectivity index (χ1n) is 9.52. The average molecular weight is 433 g/mol. The minimum Gasteiger partial charge on any atom is -0.399 e. The van der Waals surface area contributed by atoms with Gasteiger partial charge in [-0.3, -0.25) is 9.69 Å². The maximum Gasteiger partial charge on any atom is 0.496 e. The minimum atomic E-state index is -4.23. The number of carbonyl (C=O) groups excluding carboxylic acids is 1. The first kappa shape index (κ1) is 22.4. The van der Waals surface area contributed by atoms with Gasteiger partial charge in [0.1, 0.15) is 0 Å². The van der Waals surface area contributed by atoms with Crippen LogP contribution in [0.1, 0.15) is 38.1 Å². The molecular weight excluding hydrogens is 407 g/mol. The van der Waals surface area contributed by atoms with Gasteiger partial charge >= 0.3 is 13.3 Å². The number of halogens is 4. The van der Waals surface area contributed by atoms with E-state index in [1.54, 1.807) is 23.1 Å². The van der Waals surface area contributed by atoms with Gasteiger partial charge in [0.2, 0.25) is 0 Å². The van der Waals surface area contributed by atoms with Gasteiger partial charge in [-0.05, 0) is 39.8 Å². The molecule has 0 saturated carbocycles. The van der Waals surface area contributed by atoms with Gasteiger partial charge in [0.05, 0.1) is 17.7 Å². The van der Waals surface area contributed by atoms with Crippen LogP contribution >= 0.6 is 11.6 Å². The Kier molecular flexibility index (Phi) is 5.99. The number of hydrogen-bond donors (Lipinski definition) is 0. The number of alkyl halides is 3. The molecule has 2 aliphatic rings. The van der Waals surface area contributed by atoms with Crippen molar-refractivity contribution in [1.82, 2.24) is 9.80 Å². The summed E-state index contributed by atoms with van der Waals surface area (Å²) in [4.78, 5) is 15.6. The smallest absolute Gasteiger partial charge is 0.399 e. The normalized spacial score (nSPS) is 22.2. The number of carbonyl (C=O) groups is 1. The van der Waals surface area contributed by atoms with Crippen molar-refractivity contribution in [3.05, 3.63) is 28.8 Å². The van der Waals surface area contributed by atoms with E-state index in [0.29, 0.717) is 16.0 Å². The van der Waals surface area contributed by atoms with E-state index >= 15 is 0 Å². The highest BCUT2D eigenvalue weighted by molar-refractivity contribution is 6.65. The third-order valence-corrected chi connectivity index (χ3v) is 6.14. The van der Waals surface area contributed by atoms with Crippen molar-refractivity contribution in [3.8, 4) is 0 Å². The summed E-state index contributed by atoms with van der Waals surface area (Å²) in [7, 11) is -0.637. The van der Waals surface area contributed by atoms with Crippen molar-refractivity contribution >= 4 is 30.1 Å². The summed E-state index contributed by atoms with van der Waals surface area (Å²) in [5.74, 6) is -0.251. The summed E-state index contributed by atoms with van der Waals surface area (Å²) in [6, 6.07) is 4.92. The van der Waals surface area contributed by atoms with E-state index in [2.05, 4.69) is 0 Å². The lowest BCUT2D eigenvalue weighted by atomic mass is 9.78. The van der Waals surface area contributed by atoms with Crippen molar-refractivity contribution in [2.45, 2.75) is 45.1 Å². The predicted molar refractivity (Wildman–Crippen MR) is 106 cm³/mol. The van der Waals surface area contributed by atoms with E-state index in [0.717, 1.165) is 0 Å². The van der Waals surface area contributed by atoms with Gasteiger partial charge in [-0.1, -0.05) is 17.7 Å². The van der Waals surface area contributed by atoms with Crippen LogP contribution in [0.2, 0.25) is 5.02 Å². The highest BCUT2D eigenvalue weighted by atomic mass is 35.5. The molecule has 0 unspecified atom stereocenters. The van der Waals surface area contributed by atoms with Gasteiger partial charge in [0.15, 0.2) is 0 Å². The van der Waals surface area contributed by atoms with Crippen molar-refractivity contribution in [2.75, 3.05) is 32.7 Å². The van der Waals surface area contributed by atoms with E-state index < -0.39 is 31.0 Å². The number of benzene rings is 1. The van der Waals surface area contributed by atoms with Crippen LogP contribution in [0.25, 0.3) is 0 Å². The van der Waals surface area contributed by atoms with E-state index in [1.165, 1.54) is 4.90 Å². The molecule has 29 heavy (non-hydrogen) atoms. The van der Waals surface area contributed by atoms with E-state index in [1.807, 2.05) is 27.7 Å². The Hall–Kier alpha value is -1.29. The second-order valence-corrected chi connectivity index (χ2v) is 8.92. The minimum absolute atomic E-state index is 0.186. The van der Waals surface area contributed by atoms with Gasteiger partial charge in [0, 0.05) is 42.2 Å². The van der Waals surface area contributed by atoms with Crippen LogP contribution in [-0.4, -0.2) is 72.9 Å². The third-order valence-electron chi connectivity index (χ3n) is 5.82. The molecule has 160 valence electrons. The fourth-order valence-electron chi connectivity index (χ4n) is 3.37. The average Bonchev–Trinajstić information content (AvgIpc) is 2.81. The SMILES string of the molecule is CC1(C)OB(c2ccc(C(=O)N3CCN(CC(F)(F)F)CC3)cc2Cl)OC1(C)C. The molecule has 0 bridgehead atoms. The molecule has 2 saturated heterocycles. The lowest BCUT2D eigenvalue weighted by Gasteiger charge is -2.35. The number of nitrogens with zero attached hydrogens (tertiary/aromatic N) is 2. The Morgan fingerprint density at radius 2 is 1.66 bits per heavy atom. The zero-order valence-corrected chi connectivity index (χ0v) is 17.7. The van der Waals surface area contributed by atoms with Crippen LogP contribution in [0.4, 0.5) is 13.2 Å². The van der Waals surface area contributed by atoms with Crippen LogP contribution in [0, 0.1) is 0 Å². The first-order valence-corrected chi connectivity index (χ1v) is 9.90. The van der Waals surface area contributed by atoms with Gasteiger partial charge < -0.3 is 14.2 Å². The van der Waals surface area contributed by atoms with Crippen LogP contribution in [0.15, 0.2) is 18.2 Å². The zero-order valence-electron chi connectivity index (χ0n) is 17.0. The van der Waals surface area contributed by atoms with Crippen LogP contribution in [-0.2, 0) is 9.31 Å². The highest BCUT2D eigenvalue weighted by Crippen LogP contribution is 2.37. The van der Waals surface area contributed by atoms with Gasteiger partial charge in [-0.15, -0.1) is 0 Å². The monoisotopic (exact) mass is 432 g/mol. The van der Waals surface area contributed by atoms with Crippen molar-refractivity contribution in [1.29, 1.82) is 0 Å². The van der Waals surface area contributed by atoms with Gasteiger partial charge in [-0.2, -0.15) is 13.2 Å². The topological polar surface area (TPSA) is 42.0 Å². The van der Waals surface area contributed by atoms with Gasteiger partial charge in [-0.25, -0.2) is 0 Å². The van der Waals surface area contributed by atoms with E-state index in [4.69, 9.17) is 20.9 Å². The molecule has 10 heteroatoms.